The molecule has 7 nitrogen and oxygen atoms in total. The Balaban J connectivity index is 1.75. The van der Waals surface area contributed by atoms with E-state index in [1.54, 1.807) is 18.2 Å². The third kappa shape index (κ3) is 5.81. The van der Waals surface area contributed by atoms with Gasteiger partial charge in [0.05, 0.1) is 27.3 Å². The van der Waals surface area contributed by atoms with Crippen LogP contribution in [0.15, 0.2) is 42.5 Å². The van der Waals surface area contributed by atoms with Gasteiger partial charge in [-0.2, -0.15) is 0 Å². The highest BCUT2D eigenvalue weighted by molar-refractivity contribution is 6.33. The van der Waals surface area contributed by atoms with E-state index >= 15 is 0 Å². The Morgan fingerprint density at radius 1 is 1.16 bits per heavy atom. The minimum Gasteiger partial charge on any atom is -0.492 e. The lowest BCUT2D eigenvalue weighted by Crippen LogP contribution is -2.30. The van der Waals surface area contributed by atoms with Crippen molar-refractivity contribution in [3.05, 3.63) is 62.6 Å². The maximum atomic E-state index is 11.8. The lowest BCUT2D eigenvalue weighted by atomic mass is 10.3. The zero-order valence-corrected chi connectivity index (χ0v) is 14.5. The minimum atomic E-state index is -0.564. The highest BCUT2D eigenvalue weighted by atomic mass is 35.5. The van der Waals surface area contributed by atoms with Crippen molar-refractivity contribution in [3.8, 4) is 5.75 Å². The van der Waals surface area contributed by atoms with Gasteiger partial charge < -0.3 is 15.4 Å². The average molecular weight is 384 g/mol. The number of carbonyl (C=O) groups is 1. The molecule has 0 aliphatic rings. The molecule has 0 aliphatic carbocycles. The fourth-order valence-electron chi connectivity index (χ4n) is 1.91. The topological polar surface area (TPSA) is 93.5 Å². The van der Waals surface area contributed by atoms with Gasteiger partial charge in [0.2, 0.25) is 0 Å². The number of rotatable bonds is 7. The number of ether oxygens (including phenoxy) is 1. The first-order valence-electron chi connectivity index (χ1n) is 7.33. The van der Waals surface area contributed by atoms with Crippen LogP contribution >= 0.6 is 23.2 Å². The second-order valence-corrected chi connectivity index (χ2v) is 5.75. The fraction of sp³-hybridized carbons (Fsp3) is 0.188. The molecule has 0 unspecified atom stereocenters. The number of nitrogens with zero attached hydrogens (tertiary/aromatic N) is 1. The molecule has 132 valence electrons. The van der Waals surface area contributed by atoms with Crippen LogP contribution in [0.4, 0.5) is 16.2 Å². The second kappa shape index (κ2) is 9.10. The summed E-state index contributed by atoms with van der Waals surface area (Å²) in [6.07, 6.45) is 0.557. The molecule has 0 saturated carbocycles. The Labute approximate surface area is 154 Å². The van der Waals surface area contributed by atoms with Gasteiger partial charge in [0.15, 0.2) is 0 Å². The maximum Gasteiger partial charge on any atom is 0.319 e. The molecule has 2 aromatic rings. The average Bonchev–Trinajstić information content (AvgIpc) is 2.58. The van der Waals surface area contributed by atoms with Gasteiger partial charge in [-0.15, -0.1) is 0 Å². The van der Waals surface area contributed by atoms with Crippen LogP contribution in [0.25, 0.3) is 0 Å². The van der Waals surface area contributed by atoms with Gasteiger partial charge in [0, 0.05) is 18.7 Å². The number of hydrogen-bond acceptors (Lipinski definition) is 4. The molecular formula is C16H15Cl2N3O4. The summed E-state index contributed by atoms with van der Waals surface area (Å²) in [4.78, 5) is 22.0. The third-order valence-corrected chi connectivity index (χ3v) is 3.75. The van der Waals surface area contributed by atoms with Crippen LogP contribution in [-0.2, 0) is 0 Å². The van der Waals surface area contributed by atoms with E-state index in [1.165, 1.54) is 18.2 Å². The summed E-state index contributed by atoms with van der Waals surface area (Å²) in [7, 11) is 0. The van der Waals surface area contributed by atoms with Crippen LogP contribution in [0, 0.1) is 10.1 Å². The number of nitrogens with one attached hydrogen (secondary N) is 2. The number of nitro groups is 1. The van der Waals surface area contributed by atoms with E-state index in [-0.39, 0.29) is 16.4 Å². The largest absolute Gasteiger partial charge is 0.492 e. The molecule has 0 atom stereocenters. The number of anilines is 1. The van der Waals surface area contributed by atoms with E-state index in [0.717, 1.165) is 0 Å². The molecule has 2 rings (SSSR count). The molecule has 0 fully saturated rings. The van der Waals surface area contributed by atoms with E-state index in [2.05, 4.69) is 10.6 Å². The molecular weight excluding hydrogens is 369 g/mol. The van der Waals surface area contributed by atoms with Crippen LogP contribution in [0.1, 0.15) is 6.42 Å². The number of para-hydroxylation sites is 1. The fourth-order valence-corrected chi connectivity index (χ4v) is 2.26. The lowest BCUT2D eigenvalue weighted by molar-refractivity contribution is -0.384. The van der Waals surface area contributed by atoms with Gasteiger partial charge in [-0.1, -0.05) is 35.3 Å². The smallest absolute Gasteiger partial charge is 0.319 e. The van der Waals surface area contributed by atoms with Crippen molar-refractivity contribution in [1.29, 1.82) is 0 Å². The minimum absolute atomic E-state index is 0.159. The summed E-state index contributed by atoms with van der Waals surface area (Å²) >= 11 is 11.9. The second-order valence-electron chi connectivity index (χ2n) is 4.93. The number of benzene rings is 2. The summed E-state index contributed by atoms with van der Waals surface area (Å²) < 4.78 is 5.50. The Hall–Kier alpha value is -2.51. The van der Waals surface area contributed by atoms with Gasteiger partial charge in [0.25, 0.3) is 5.69 Å². The van der Waals surface area contributed by atoms with Crippen LogP contribution < -0.4 is 15.4 Å². The zero-order chi connectivity index (χ0) is 18.2. The predicted molar refractivity (Wildman–Crippen MR) is 96.7 cm³/mol. The predicted octanol–water partition coefficient (Wildman–Crippen LogP) is 4.49. The van der Waals surface area contributed by atoms with E-state index in [1.807, 2.05) is 6.07 Å². The summed E-state index contributed by atoms with van der Waals surface area (Å²) in [5, 5.41) is 16.6. The van der Waals surface area contributed by atoms with Gasteiger partial charge in [-0.05, 0) is 24.6 Å². The quantitative estimate of drug-likeness (QED) is 0.418. The summed E-state index contributed by atoms with van der Waals surface area (Å²) in [6.45, 7) is 0.727. The number of amides is 2. The molecule has 0 spiro atoms. The van der Waals surface area contributed by atoms with E-state index in [4.69, 9.17) is 27.9 Å². The zero-order valence-electron chi connectivity index (χ0n) is 13.0. The molecule has 0 bridgehead atoms. The van der Waals surface area contributed by atoms with Crippen molar-refractivity contribution in [2.75, 3.05) is 18.5 Å². The molecule has 0 aliphatic heterocycles. The standard InChI is InChI=1S/C16H15Cl2N3O4/c17-12-7-6-11(21(23)24)10-14(12)20-16(22)19-8-3-9-25-15-5-2-1-4-13(15)18/h1-2,4-7,10H,3,8-9H2,(H2,19,20,22). The number of nitro benzene ring substituents is 1. The Bertz CT molecular complexity index is 771. The highest BCUT2D eigenvalue weighted by Gasteiger charge is 2.11. The lowest BCUT2D eigenvalue weighted by Gasteiger charge is -2.10. The van der Waals surface area contributed by atoms with Gasteiger partial charge in [0.1, 0.15) is 5.75 Å². The van der Waals surface area contributed by atoms with Crippen molar-refractivity contribution < 1.29 is 14.5 Å². The molecule has 2 amide bonds. The molecule has 0 saturated heterocycles. The van der Waals surface area contributed by atoms with Crippen LogP contribution in [0.2, 0.25) is 10.0 Å². The van der Waals surface area contributed by atoms with Crippen LogP contribution in [-0.4, -0.2) is 24.1 Å². The highest BCUT2D eigenvalue weighted by Crippen LogP contribution is 2.26. The summed E-state index contributed by atoms with van der Waals surface area (Å²) in [5.41, 5.74) is 0.00789. The Morgan fingerprint density at radius 2 is 1.92 bits per heavy atom. The van der Waals surface area contributed by atoms with Gasteiger partial charge in [-0.25, -0.2) is 4.79 Å². The first-order valence-corrected chi connectivity index (χ1v) is 8.09. The molecule has 0 heterocycles. The normalized spacial score (nSPS) is 10.2. The molecule has 2 aromatic carbocycles. The van der Waals surface area contributed by atoms with Crippen LogP contribution in [0.3, 0.4) is 0 Å². The third-order valence-electron chi connectivity index (χ3n) is 3.11. The van der Waals surface area contributed by atoms with E-state index in [0.29, 0.717) is 30.3 Å². The summed E-state index contributed by atoms with van der Waals surface area (Å²) in [6, 6.07) is 10.4. The Morgan fingerprint density at radius 3 is 2.64 bits per heavy atom. The van der Waals surface area contributed by atoms with Gasteiger partial charge >= 0.3 is 6.03 Å². The first kappa shape index (κ1) is 18.8. The molecule has 0 aromatic heterocycles. The molecule has 9 heteroatoms. The van der Waals surface area contributed by atoms with Crippen molar-refractivity contribution in [3.63, 3.8) is 0 Å². The number of urea groups is 1. The number of hydrogen-bond donors (Lipinski definition) is 2. The van der Waals surface area contributed by atoms with Gasteiger partial charge in [-0.3, -0.25) is 10.1 Å². The van der Waals surface area contributed by atoms with Crippen LogP contribution in [0.5, 0.6) is 5.75 Å². The number of non-ortho nitro benzene ring substituents is 1. The molecule has 2 N–H and O–H groups in total. The van der Waals surface area contributed by atoms with Crippen molar-refractivity contribution in [1.82, 2.24) is 5.32 Å². The summed E-state index contributed by atoms with van der Waals surface area (Å²) in [5.74, 6) is 0.581. The van der Waals surface area contributed by atoms with E-state index in [9.17, 15) is 14.9 Å². The van der Waals surface area contributed by atoms with Crippen molar-refractivity contribution >= 4 is 40.6 Å². The van der Waals surface area contributed by atoms with Crippen molar-refractivity contribution in [2.45, 2.75) is 6.42 Å². The number of carbonyl (C=O) groups excluding carboxylic acids is 1. The molecule has 25 heavy (non-hydrogen) atoms. The van der Waals surface area contributed by atoms with E-state index < -0.39 is 11.0 Å². The SMILES string of the molecule is O=C(NCCCOc1ccccc1Cl)Nc1cc([N+](=O)[O-])ccc1Cl. The number of halogens is 2. The maximum absolute atomic E-state index is 11.8. The first-order chi connectivity index (χ1) is 12.0. The van der Waals surface area contributed by atoms with Crippen molar-refractivity contribution in [2.24, 2.45) is 0 Å². The molecule has 0 radical (unpaired) electrons. The monoisotopic (exact) mass is 383 g/mol. The Kier molecular flexibility index (Phi) is 6.85.